The van der Waals surface area contributed by atoms with Crippen LogP contribution in [0.2, 0.25) is 0 Å². The Morgan fingerprint density at radius 1 is 0.911 bits per heavy atom. The van der Waals surface area contributed by atoms with Gasteiger partial charge >= 0.3 is 6.03 Å². The number of aliphatic hydroxyl groups excluding tert-OH is 1. The predicted molar refractivity (Wildman–Crippen MR) is 176 cm³/mol. The van der Waals surface area contributed by atoms with Crippen molar-refractivity contribution in [1.82, 2.24) is 5.32 Å². The number of urea groups is 1. The highest BCUT2D eigenvalue weighted by molar-refractivity contribution is 7.99. The number of methoxy groups -OCH3 is 1. The molecule has 2 amide bonds. The third-order valence-corrected chi connectivity index (χ3v) is 11.6. The number of nitrogens with one attached hydrogen (secondary N) is 2. The van der Waals surface area contributed by atoms with Crippen molar-refractivity contribution in [3.05, 3.63) is 89.5 Å². The molecule has 3 aromatic carbocycles. The van der Waals surface area contributed by atoms with Gasteiger partial charge in [-0.15, -0.1) is 11.8 Å². The first kappa shape index (κ1) is 30.6. The van der Waals surface area contributed by atoms with E-state index in [9.17, 15) is 9.90 Å². The van der Waals surface area contributed by atoms with Gasteiger partial charge in [-0.05, 0) is 91.7 Å². The van der Waals surface area contributed by atoms with Crippen LogP contribution in [0.15, 0.2) is 77.7 Å². The molecule has 3 aromatic rings. The molecule has 1 saturated heterocycles. The lowest BCUT2D eigenvalue weighted by Gasteiger charge is -2.56. The molecular formula is C37H44N2O5S. The lowest BCUT2D eigenvalue weighted by Crippen LogP contribution is -2.60. The summed E-state index contributed by atoms with van der Waals surface area (Å²) >= 11 is 1.72. The highest BCUT2D eigenvalue weighted by Gasteiger charge is 2.51. The zero-order valence-corrected chi connectivity index (χ0v) is 26.9. The van der Waals surface area contributed by atoms with Crippen LogP contribution < -0.4 is 15.4 Å². The topological polar surface area (TPSA) is 89.1 Å². The average molecular weight is 629 g/mol. The molecule has 4 atom stereocenters. The summed E-state index contributed by atoms with van der Waals surface area (Å²) in [6.45, 7) is 2.18. The summed E-state index contributed by atoms with van der Waals surface area (Å²) in [5.74, 6) is 4.01. The molecule has 0 unspecified atom stereocenters. The van der Waals surface area contributed by atoms with E-state index in [0.717, 1.165) is 75.8 Å². The number of anilines is 1. The number of benzene rings is 3. The minimum Gasteiger partial charge on any atom is -0.496 e. The molecule has 0 aromatic heterocycles. The fraction of sp³-hybridized carbons (Fsp3) is 0.486. The summed E-state index contributed by atoms with van der Waals surface area (Å²) in [5, 5.41) is 16.1. The van der Waals surface area contributed by atoms with E-state index < -0.39 is 6.29 Å². The normalized spacial score (nSPS) is 31.8. The number of carbonyl (C=O) groups excluding carboxylic acids is 1. The smallest absolute Gasteiger partial charge is 0.319 e. The number of hydrogen-bond acceptors (Lipinski definition) is 6. The number of para-hydroxylation sites is 1. The van der Waals surface area contributed by atoms with Crippen molar-refractivity contribution in [3.63, 3.8) is 0 Å². The van der Waals surface area contributed by atoms with Crippen LogP contribution in [0.4, 0.5) is 10.5 Å². The van der Waals surface area contributed by atoms with Crippen molar-refractivity contribution in [1.29, 1.82) is 0 Å². The van der Waals surface area contributed by atoms with E-state index >= 15 is 0 Å². The van der Waals surface area contributed by atoms with Crippen LogP contribution >= 0.6 is 11.8 Å². The molecule has 0 spiro atoms. The first-order valence-corrected chi connectivity index (χ1v) is 17.3. The monoisotopic (exact) mass is 628 g/mol. The van der Waals surface area contributed by atoms with Crippen molar-refractivity contribution in [2.45, 2.75) is 81.0 Å². The molecule has 8 rings (SSSR count). The Balaban J connectivity index is 1.05. The third kappa shape index (κ3) is 6.61. The number of aliphatic hydroxyl groups is 1. The molecule has 1 aliphatic heterocycles. The second-order valence-electron chi connectivity index (χ2n) is 13.7. The molecule has 4 saturated carbocycles. The summed E-state index contributed by atoms with van der Waals surface area (Å²) in [5.41, 5.74) is 3.55. The fourth-order valence-electron chi connectivity index (χ4n) is 8.61. The second-order valence-corrected chi connectivity index (χ2v) is 14.7. The van der Waals surface area contributed by atoms with Crippen LogP contribution in [-0.4, -0.2) is 35.6 Å². The van der Waals surface area contributed by atoms with Crippen LogP contribution in [0, 0.1) is 23.7 Å². The van der Waals surface area contributed by atoms with E-state index in [4.69, 9.17) is 14.2 Å². The van der Waals surface area contributed by atoms with Crippen molar-refractivity contribution in [2.24, 2.45) is 23.7 Å². The van der Waals surface area contributed by atoms with Gasteiger partial charge in [0.25, 0.3) is 0 Å². The maximum absolute atomic E-state index is 13.1. The van der Waals surface area contributed by atoms with Gasteiger partial charge in [-0.25, -0.2) is 4.79 Å². The van der Waals surface area contributed by atoms with Gasteiger partial charge in [0, 0.05) is 33.4 Å². The Kier molecular flexibility index (Phi) is 8.83. The molecule has 45 heavy (non-hydrogen) atoms. The lowest BCUT2D eigenvalue weighted by atomic mass is 9.53. The molecule has 8 heteroatoms. The molecule has 4 bridgehead atoms. The molecule has 4 aliphatic carbocycles. The van der Waals surface area contributed by atoms with Crippen LogP contribution in [0.3, 0.4) is 0 Å². The van der Waals surface area contributed by atoms with E-state index in [-0.39, 0.29) is 36.3 Å². The Morgan fingerprint density at radius 2 is 1.56 bits per heavy atom. The Hall–Kier alpha value is -3.04. The Labute approximate surface area is 270 Å². The quantitative estimate of drug-likeness (QED) is 0.209. The minimum atomic E-state index is -0.568. The number of ether oxygens (including phenoxy) is 3. The maximum atomic E-state index is 13.1. The number of thioether (sulfide) groups is 1. The minimum absolute atomic E-state index is 0.00616. The molecule has 5 aliphatic rings. The van der Waals surface area contributed by atoms with Crippen molar-refractivity contribution in [2.75, 3.05) is 18.2 Å². The lowest BCUT2D eigenvalue weighted by molar-refractivity contribution is -0.268. The van der Waals surface area contributed by atoms with Gasteiger partial charge in [0.05, 0.1) is 25.9 Å². The van der Waals surface area contributed by atoms with E-state index in [1.807, 2.05) is 66.7 Å². The first-order valence-electron chi connectivity index (χ1n) is 16.4. The third-order valence-electron chi connectivity index (χ3n) is 10.5. The van der Waals surface area contributed by atoms with E-state index in [0.29, 0.717) is 0 Å². The molecule has 1 heterocycles. The van der Waals surface area contributed by atoms with Crippen LogP contribution in [0.1, 0.15) is 74.5 Å². The van der Waals surface area contributed by atoms with Crippen molar-refractivity contribution >= 4 is 23.5 Å². The summed E-state index contributed by atoms with van der Waals surface area (Å²) in [7, 11) is 1.69. The van der Waals surface area contributed by atoms with Gasteiger partial charge in [0.2, 0.25) is 0 Å². The van der Waals surface area contributed by atoms with Crippen LogP contribution in [0.25, 0.3) is 0 Å². The number of carbonyl (C=O) groups is 1. The van der Waals surface area contributed by atoms with Gasteiger partial charge in [-0.2, -0.15) is 0 Å². The predicted octanol–water partition coefficient (Wildman–Crippen LogP) is 7.86. The number of hydrogen-bond donors (Lipinski definition) is 3. The first-order chi connectivity index (χ1) is 21.9. The second kappa shape index (κ2) is 13.0. The molecule has 7 nitrogen and oxygen atoms in total. The van der Waals surface area contributed by atoms with Crippen LogP contribution in [0.5, 0.6) is 5.75 Å². The Bertz CT molecular complexity index is 1440. The standard InChI is InChI=1S/C37H44N2O5S/c1-23-32(22-45-33-6-4-3-5-31(33)42-2)43-35(44-34(23)28-9-7-24(21-40)8-10-28)29-11-13-30(14-12-29)38-36(41)39-37-18-25-15-26(19-37)17-27(16-25)20-37/h3-14,23,25-27,32,34-35,40H,15-22H2,1-2H3,(H2,38,39,41)/t23-,25?,26?,27?,32+,34+,35+,37?/m0/s1. The van der Waals surface area contributed by atoms with Gasteiger partial charge < -0.3 is 30.0 Å². The van der Waals surface area contributed by atoms with Gasteiger partial charge in [-0.3, -0.25) is 0 Å². The highest BCUT2D eigenvalue weighted by Crippen LogP contribution is 2.55. The summed E-state index contributed by atoms with van der Waals surface area (Å²) in [4.78, 5) is 14.2. The average Bonchev–Trinajstić information content (AvgIpc) is 3.04. The number of amides is 2. The van der Waals surface area contributed by atoms with Crippen molar-refractivity contribution < 1.29 is 24.1 Å². The largest absolute Gasteiger partial charge is 0.496 e. The van der Waals surface area contributed by atoms with E-state index in [1.54, 1.807) is 18.9 Å². The highest BCUT2D eigenvalue weighted by atomic mass is 32.2. The molecule has 0 radical (unpaired) electrons. The summed E-state index contributed by atoms with van der Waals surface area (Å²) < 4.78 is 18.8. The Morgan fingerprint density at radius 3 is 2.20 bits per heavy atom. The van der Waals surface area contributed by atoms with E-state index in [1.165, 1.54) is 19.3 Å². The SMILES string of the molecule is COc1ccccc1SC[C@H]1O[C@@H](c2ccc(NC(=O)NC34CC5CC(CC(C5)C3)C4)cc2)O[C@@H](c2ccc(CO)cc2)[C@H]1C. The van der Waals surface area contributed by atoms with Gasteiger partial charge in [0.1, 0.15) is 5.75 Å². The van der Waals surface area contributed by atoms with Crippen molar-refractivity contribution in [3.8, 4) is 5.75 Å². The maximum Gasteiger partial charge on any atom is 0.319 e. The zero-order valence-electron chi connectivity index (χ0n) is 26.1. The zero-order chi connectivity index (χ0) is 31.0. The van der Waals surface area contributed by atoms with E-state index in [2.05, 4.69) is 23.6 Å². The van der Waals surface area contributed by atoms with Gasteiger partial charge in [-0.1, -0.05) is 55.5 Å². The number of rotatable bonds is 9. The fourth-order valence-corrected chi connectivity index (χ4v) is 9.80. The molecule has 238 valence electrons. The molecule has 5 fully saturated rings. The molecular weight excluding hydrogens is 584 g/mol. The molecule has 3 N–H and O–H groups in total. The van der Waals surface area contributed by atoms with Crippen LogP contribution in [-0.2, 0) is 16.1 Å². The van der Waals surface area contributed by atoms with Gasteiger partial charge in [0.15, 0.2) is 6.29 Å². The summed E-state index contributed by atoms with van der Waals surface area (Å²) in [6, 6.07) is 23.7. The summed E-state index contributed by atoms with van der Waals surface area (Å²) in [6.07, 6.45) is 6.58.